The number of ether oxygens (including phenoxy) is 1. The number of nitrogens with zero attached hydrogens (tertiary/aromatic N) is 2. The van der Waals surface area contributed by atoms with Gasteiger partial charge in [-0.3, -0.25) is 9.98 Å². The van der Waals surface area contributed by atoms with E-state index in [0.29, 0.717) is 17.0 Å². The van der Waals surface area contributed by atoms with Crippen LogP contribution in [0.1, 0.15) is 5.56 Å². The van der Waals surface area contributed by atoms with Crippen LogP contribution >= 0.6 is 0 Å². The molecule has 0 amide bonds. The van der Waals surface area contributed by atoms with Crippen LogP contribution in [0.4, 0.5) is 0 Å². The smallest absolute Gasteiger partial charge is 0.137 e. The van der Waals surface area contributed by atoms with Crippen molar-refractivity contribution < 1.29 is 4.74 Å². The Morgan fingerprint density at radius 1 is 1.41 bits per heavy atom. The molecule has 0 unspecified atom stereocenters. The Bertz CT molecular complexity index is 709. The minimum atomic E-state index is 0.372. The zero-order chi connectivity index (χ0) is 15.9. The Morgan fingerprint density at radius 3 is 2.82 bits per heavy atom. The van der Waals surface area contributed by atoms with Gasteiger partial charge in [0.05, 0.1) is 18.5 Å². The first kappa shape index (κ1) is 15.4. The normalized spacial score (nSPS) is 17.6. The highest BCUT2D eigenvalue weighted by Gasteiger charge is 2.16. The fourth-order valence-corrected chi connectivity index (χ4v) is 2.16. The van der Waals surface area contributed by atoms with Crippen molar-refractivity contribution in [1.29, 1.82) is 5.41 Å². The van der Waals surface area contributed by atoms with Gasteiger partial charge in [-0.15, -0.1) is 0 Å². The molecule has 1 aromatic heterocycles. The maximum absolute atomic E-state index is 8.15. The van der Waals surface area contributed by atoms with E-state index in [1.807, 2.05) is 24.3 Å². The van der Waals surface area contributed by atoms with Crippen molar-refractivity contribution in [3.8, 4) is 0 Å². The molecule has 0 aliphatic heterocycles. The van der Waals surface area contributed by atoms with E-state index in [1.165, 1.54) is 6.20 Å². The monoisotopic (exact) mass is 294 g/mol. The van der Waals surface area contributed by atoms with Crippen LogP contribution in [0.15, 0.2) is 71.2 Å². The second kappa shape index (κ2) is 7.17. The molecule has 0 fully saturated rings. The third-order valence-corrected chi connectivity index (χ3v) is 3.18. The lowest BCUT2D eigenvalue weighted by molar-refractivity contribution is 0.368. The summed E-state index contributed by atoms with van der Waals surface area (Å²) in [6.45, 7) is 0. The Balaban J connectivity index is 2.56. The second-order valence-corrected chi connectivity index (χ2v) is 4.50. The molecule has 1 heterocycles. The highest BCUT2D eigenvalue weighted by molar-refractivity contribution is 6.19. The Kier molecular flexibility index (Phi) is 5.03. The quantitative estimate of drug-likeness (QED) is 0.661. The summed E-state index contributed by atoms with van der Waals surface area (Å²) in [5.41, 5.74) is 8.93. The average molecular weight is 294 g/mol. The minimum absolute atomic E-state index is 0.372. The van der Waals surface area contributed by atoms with Gasteiger partial charge in [-0.05, 0) is 36.6 Å². The maximum atomic E-state index is 8.15. The first-order valence-corrected chi connectivity index (χ1v) is 6.74. The summed E-state index contributed by atoms with van der Waals surface area (Å²) in [7, 11) is 3.29. The van der Waals surface area contributed by atoms with Gasteiger partial charge in [0.15, 0.2) is 0 Å². The zero-order valence-electron chi connectivity index (χ0n) is 12.6. The van der Waals surface area contributed by atoms with Gasteiger partial charge in [0.1, 0.15) is 5.76 Å². The van der Waals surface area contributed by atoms with Gasteiger partial charge < -0.3 is 15.9 Å². The van der Waals surface area contributed by atoms with Crippen molar-refractivity contribution in [2.75, 3.05) is 14.2 Å². The third kappa shape index (κ3) is 3.20. The molecule has 5 nitrogen and oxygen atoms in total. The van der Waals surface area contributed by atoms with Crippen LogP contribution in [0.25, 0.3) is 5.76 Å². The fraction of sp³-hybridized carbons (Fsp3) is 0.118. The number of pyridine rings is 1. The van der Waals surface area contributed by atoms with Crippen LogP contribution in [0.3, 0.4) is 0 Å². The van der Waals surface area contributed by atoms with Gasteiger partial charge in [-0.1, -0.05) is 6.08 Å². The molecule has 0 aromatic carbocycles. The molecule has 1 aromatic rings. The van der Waals surface area contributed by atoms with Crippen molar-refractivity contribution in [3.63, 3.8) is 0 Å². The predicted molar refractivity (Wildman–Crippen MR) is 89.8 cm³/mol. The first-order valence-electron chi connectivity index (χ1n) is 6.74. The highest BCUT2D eigenvalue weighted by Crippen LogP contribution is 2.25. The number of rotatable bonds is 4. The first-order chi connectivity index (χ1) is 10.7. The van der Waals surface area contributed by atoms with Crippen LogP contribution in [-0.2, 0) is 4.74 Å². The molecule has 1 aliphatic rings. The number of allylic oxidation sites excluding steroid dienone is 6. The van der Waals surface area contributed by atoms with Gasteiger partial charge in [0.2, 0.25) is 0 Å². The standard InChI is InChI=1S/C17H18N4O/c1-20-16(7-8-18)12-5-6-15(19)14(10-12)17(22-2)13-4-3-9-21-11-13/h3-11,19H,18H2,1-2H3/b8-7-,17-14-,19-15?,20-16?. The number of methoxy groups -OCH3 is 1. The summed E-state index contributed by atoms with van der Waals surface area (Å²) in [6.07, 6.45) is 12.0. The van der Waals surface area contributed by atoms with E-state index in [4.69, 9.17) is 15.9 Å². The van der Waals surface area contributed by atoms with E-state index >= 15 is 0 Å². The van der Waals surface area contributed by atoms with Gasteiger partial charge in [0.25, 0.3) is 0 Å². The summed E-state index contributed by atoms with van der Waals surface area (Å²) in [6, 6.07) is 3.73. The molecule has 22 heavy (non-hydrogen) atoms. The number of aromatic nitrogens is 1. The average Bonchev–Trinajstić information content (AvgIpc) is 2.56. The Hall–Kier alpha value is -2.95. The van der Waals surface area contributed by atoms with Gasteiger partial charge in [-0.25, -0.2) is 0 Å². The molecule has 0 atom stereocenters. The third-order valence-electron chi connectivity index (χ3n) is 3.18. The van der Waals surface area contributed by atoms with E-state index in [9.17, 15) is 0 Å². The van der Waals surface area contributed by atoms with Gasteiger partial charge in [-0.2, -0.15) is 0 Å². The highest BCUT2D eigenvalue weighted by atomic mass is 16.5. The molecular formula is C17H18N4O. The van der Waals surface area contributed by atoms with Crippen molar-refractivity contribution in [2.24, 2.45) is 10.7 Å². The maximum Gasteiger partial charge on any atom is 0.137 e. The van der Waals surface area contributed by atoms with Crippen LogP contribution < -0.4 is 5.73 Å². The van der Waals surface area contributed by atoms with Crippen LogP contribution in [0.5, 0.6) is 0 Å². The molecule has 0 radical (unpaired) electrons. The Labute approximate surface area is 129 Å². The van der Waals surface area contributed by atoms with E-state index in [0.717, 1.165) is 16.8 Å². The van der Waals surface area contributed by atoms with Gasteiger partial charge >= 0.3 is 0 Å². The van der Waals surface area contributed by atoms with Crippen molar-refractivity contribution in [2.45, 2.75) is 0 Å². The molecule has 1 aliphatic carbocycles. The topological polar surface area (TPSA) is 84.3 Å². The van der Waals surface area contributed by atoms with Crippen molar-refractivity contribution in [1.82, 2.24) is 4.98 Å². The van der Waals surface area contributed by atoms with E-state index in [-0.39, 0.29) is 0 Å². The Morgan fingerprint density at radius 2 is 2.23 bits per heavy atom. The molecule has 5 heteroatoms. The minimum Gasteiger partial charge on any atom is -0.495 e. The SMILES string of the molecule is CN=C(/C=C\N)C1=C/C(=C(/OC)c2cccnc2)C(=N)C=C1. The van der Waals surface area contributed by atoms with Crippen molar-refractivity contribution in [3.05, 3.63) is 71.7 Å². The summed E-state index contributed by atoms with van der Waals surface area (Å²) in [5, 5.41) is 8.15. The molecule has 0 saturated carbocycles. The summed E-state index contributed by atoms with van der Waals surface area (Å²) >= 11 is 0. The molecule has 0 bridgehead atoms. The number of aliphatic imine (C=N–C) groups is 1. The number of hydrogen-bond acceptors (Lipinski definition) is 5. The molecule has 3 N–H and O–H groups in total. The van der Waals surface area contributed by atoms with E-state index in [2.05, 4.69) is 9.98 Å². The van der Waals surface area contributed by atoms with Crippen LogP contribution in [0.2, 0.25) is 0 Å². The van der Waals surface area contributed by atoms with Crippen molar-refractivity contribution >= 4 is 17.2 Å². The lowest BCUT2D eigenvalue weighted by Crippen LogP contribution is -2.09. The van der Waals surface area contributed by atoms with E-state index in [1.54, 1.807) is 38.7 Å². The molecule has 112 valence electrons. The molecule has 0 saturated heterocycles. The second-order valence-electron chi connectivity index (χ2n) is 4.50. The molecule has 2 rings (SSSR count). The number of nitrogens with one attached hydrogen (secondary N) is 1. The molecular weight excluding hydrogens is 276 g/mol. The fourth-order valence-electron chi connectivity index (χ4n) is 2.16. The number of nitrogens with two attached hydrogens (primary N) is 1. The molecule has 0 spiro atoms. The van der Waals surface area contributed by atoms with Crippen LogP contribution in [-0.4, -0.2) is 30.6 Å². The van der Waals surface area contributed by atoms with Crippen LogP contribution in [0, 0.1) is 5.41 Å². The summed E-state index contributed by atoms with van der Waals surface area (Å²) in [5.74, 6) is 0.604. The summed E-state index contributed by atoms with van der Waals surface area (Å²) in [4.78, 5) is 8.30. The zero-order valence-corrected chi connectivity index (χ0v) is 12.6. The lowest BCUT2D eigenvalue weighted by Gasteiger charge is -2.15. The lowest BCUT2D eigenvalue weighted by atomic mass is 9.94. The predicted octanol–water partition coefficient (Wildman–Crippen LogP) is 2.50. The van der Waals surface area contributed by atoms with Gasteiger partial charge in [0, 0.05) is 36.2 Å². The van der Waals surface area contributed by atoms with E-state index < -0.39 is 0 Å². The largest absolute Gasteiger partial charge is 0.495 e. The summed E-state index contributed by atoms with van der Waals surface area (Å²) < 4.78 is 5.51. The number of hydrogen-bond donors (Lipinski definition) is 2.